The van der Waals surface area contributed by atoms with Gasteiger partial charge in [-0.15, -0.1) is 0 Å². The first-order chi connectivity index (χ1) is 10.6. The van der Waals surface area contributed by atoms with Crippen molar-refractivity contribution in [3.8, 4) is 11.5 Å². The second-order valence-electron chi connectivity index (χ2n) is 4.37. The number of hydrogen-bond donors (Lipinski definition) is 2. The summed E-state index contributed by atoms with van der Waals surface area (Å²) >= 11 is 8.65. The highest BCUT2D eigenvalue weighted by Crippen LogP contribution is 2.28. The Morgan fingerprint density at radius 3 is 2.82 bits per heavy atom. The number of ether oxygens (including phenoxy) is 2. The van der Waals surface area contributed by atoms with Crippen LogP contribution in [0.4, 0.5) is 5.69 Å². The van der Waals surface area contributed by atoms with Crippen molar-refractivity contribution in [2.45, 2.75) is 6.54 Å². The standard InChI is InChI=1S/C14H17BrN4O2S/c1-20-11-3-4-13(21-2)12(7-11)18-14(22)16-5-6-19-9-10(15)8-17-19/h3-4,7-9H,5-6H2,1-2H3,(H2,16,18,22). The van der Waals surface area contributed by atoms with Crippen LogP contribution in [0.3, 0.4) is 0 Å². The third-order valence-electron chi connectivity index (χ3n) is 2.88. The van der Waals surface area contributed by atoms with E-state index in [-0.39, 0.29) is 0 Å². The van der Waals surface area contributed by atoms with Crippen molar-refractivity contribution in [2.24, 2.45) is 0 Å². The van der Waals surface area contributed by atoms with Crippen molar-refractivity contribution < 1.29 is 9.47 Å². The number of nitrogens with one attached hydrogen (secondary N) is 2. The summed E-state index contributed by atoms with van der Waals surface area (Å²) in [5, 5.41) is 10.9. The van der Waals surface area contributed by atoms with E-state index in [1.165, 1.54) is 0 Å². The van der Waals surface area contributed by atoms with Gasteiger partial charge in [0, 0.05) is 18.8 Å². The highest BCUT2D eigenvalue weighted by Gasteiger charge is 2.06. The highest BCUT2D eigenvalue weighted by atomic mass is 79.9. The van der Waals surface area contributed by atoms with E-state index in [0.29, 0.717) is 24.0 Å². The van der Waals surface area contributed by atoms with E-state index in [4.69, 9.17) is 21.7 Å². The first-order valence-corrected chi connectivity index (χ1v) is 7.77. The number of nitrogens with zero attached hydrogens (tertiary/aromatic N) is 2. The van der Waals surface area contributed by atoms with Crippen molar-refractivity contribution in [3.05, 3.63) is 35.1 Å². The zero-order chi connectivity index (χ0) is 15.9. The largest absolute Gasteiger partial charge is 0.497 e. The van der Waals surface area contributed by atoms with E-state index in [1.807, 2.05) is 29.1 Å². The molecule has 2 N–H and O–H groups in total. The third kappa shape index (κ3) is 4.60. The summed E-state index contributed by atoms with van der Waals surface area (Å²) in [5.74, 6) is 1.42. The maximum atomic E-state index is 5.30. The normalized spacial score (nSPS) is 10.1. The van der Waals surface area contributed by atoms with Crippen LogP contribution in [0.2, 0.25) is 0 Å². The van der Waals surface area contributed by atoms with E-state index in [1.54, 1.807) is 20.4 Å². The summed E-state index contributed by atoms with van der Waals surface area (Å²) in [4.78, 5) is 0. The molecule has 2 aromatic rings. The van der Waals surface area contributed by atoms with E-state index in [2.05, 4.69) is 31.7 Å². The average molecular weight is 385 g/mol. The Hall–Kier alpha value is -1.80. The van der Waals surface area contributed by atoms with Crippen molar-refractivity contribution in [2.75, 3.05) is 26.1 Å². The lowest BCUT2D eigenvalue weighted by Gasteiger charge is -2.14. The van der Waals surface area contributed by atoms with Gasteiger partial charge in [-0.25, -0.2) is 0 Å². The molecule has 1 heterocycles. The number of rotatable bonds is 6. The average Bonchev–Trinajstić information content (AvgIpc) is 2.92. The second kappa shape index (κ2) is 8.00. The zero-order valence-electron chi connectivity index (χ0n) is 12.3. The molecule has 6 nitrogen and oxygen atoms in total. The quantitative estimate of drug-likeness (QED) is 0.746. The number of methoxy groups -OCH3 is 2. The van der Waals surface area contributed by atoms with Gasteiger partial charge >= 0.3 is 0 Å². The molecule has 1 aromatic carbocycles. The van der Waals surface area contributed by atoms with Crippen molar-refractivity contribution >= 4 is 38.9 Å². The monoisotopic (exact) mass is 384 g/mol. The smallest absolute Gasteiger partial charge is 0.170 e. The van der Waals surface area contributed by atoms with Gasteiger partial charge in [0.15, 0.2) is 5.11 Å². The lowest BCUT2D eigenvalue weighted by atomic mass is 10.2. The minimum atomic E-state index is 0.512. The lowest BCUT2D eigenvalue weighted by molar-refractivity contribution is 0.405. The third-order valence-corrected chi connectivity index (χ3v) is 3.54. The molecule has 1 aromatic heterocycles. The SMILES string of the molecule is COc1ccc(OC)c(NC(=S)NCCn2cc(Br)cn2)c1. The molecular formula is C14H17BrN4O2S. The Morgan fingerprint density at radius 2 is 2.18 bits per heavy atom. The van der Waals surface area contributed by atoms with Gasteiger partial charge in [0.25, 0.3) is 0 Å². The van der Waals surface area contributed by atoms with Gasteiger partial charge in [-0.1, -0.05) is 0 Å². The topological polar surface area (TPSA) is 60.3 Å². The molecular weight excluding hydrogens is 368 g/mol. The fourth-order valence-electron chi connectivity index (χ4n) is 1.82. The first kappa shape index (κ1) is 16.6. The van der Waals surface area contributed by atoms with Gasteiger partial charge in [0.1, 0.15) is 11.5 Å². The lowest BCUT2D eigenvalue weighted by Crippen LogP contribution is -2.31. The Kier molecular flexibility index (Phi) is 6.02. The van der Waals surface area contributed by atoms with Crippen LogP contribution < -0.4 is 20.1 Å². The fourth-order valence-corrected chi connectivity index (χ4v) is 2.36. The molecule has 0 fully saturated rings. The minimum absolute atomic E-state index is 0.512. The van der Waals surface area contributed by atoms with Gasteiger partial charge in [-0.05, 0) is 40.3 Å². The predicted molar refractivity (Wildman–Crippen MR) is 93.7 cm³/mol. The molecule has 0 aliphatic carbocycles. The molecule has 0 saturated heterocycles. The highest BCUT2D eigenvalue weighted by molar-refractivity contribution is 9.10. The van der Waals surface area contributed by atoms with Gasteiger partial charge in [-0.2, -0.15) is 5.10 Å². The molecule has 0 bridgehead atoms. The van der Waals surface area contributed by atoms with E-state index >= 15 is 0 Å². The first-order valence-electron chi connectivity index (χ1n) is 6.57. The molecule has 0 amide bonds. The number of hydrogen-bond acceptors (Lipinski definition) is 4. The van der Waals surface area contributed by atoms with Crippen molar-refractivity contribution in [1.82, 2.24) is 15.1 Å². The Labute approximate surface area is 142 Å². The van der Waals surface area contributed by atoms with Gasteiger partial charge in [0.05, 0.1) is 37.1 Å². The van der Waals surface area contributed by atoms with Gasteiger partial charge in [0.2, 0.25) is 0 Å². The van der Waals surface area contributed by atoms with Crippen molar-refractivity contribution in [1.29, 1.82) is 0 Å². The summed E-state index contributed by atoms with van der Waals surface area (Å²) in [6, 6.07) is 5.48. The minimum Gasteiger partial charge on any atom is -0.497 e. The zero-order valence-corrected chi connectivity index (χ0v) is 14.7. The molecule has 0 spiro atoms. The maximum Gasteiger partial charge on any atom is 0.170 e. The molecule has 0 unspecified atom stereocenters. The molecule has 0 radical (unpaired) electrons. The molecule has 0 aliphatic rings. The van der Waals surface area contributed by atoms with Crippen LogP contribution in [0.5, 0.6) is 11.5 Å². The number of halogens is 1. The second-order valence-corrected chi connectivity index (χ2v) is 5.69. The van der Waals surface area contributed by atoms with E-state index < -0.39 is 0 Å². The van der Waals surface area contributed by atoms with Crippen LogP contribution in [-0.4, -0.2) is 35.7 Å². The number of thiocarbonyl (C=S) groups is 1. The van der Waals surface area contributed by atoms with Crippen LogP contribution in [0.1, 0.15) is 0 Å². The van der Waals surface area contributed by atoms with Gasteiger partial charge in [-0.3, -0.25) is 4.68 Å². The summed E-state index contributed by atoms with van der Waals surface area (Å²) in [6.45, 7) is 1.37. The molecule has 0 atom stereocenters. The Morgan fingerprint density at radius 1 is 1.36 bits per heavy atom. The molecule has 0 aliphatic heterocycles. The summed E-state index contributed by atoms with van der Waals surface area (Å²) in [6.07, 6.45) is 3.65. The predicted octanol–water partition coefficient (Wildman–Crippen LogP) is 2.65. The summed E-state index contributed by atoms with van der Waals surface area (Å²) in [7, 11) is 3.23. The van der Waals surface area contributed by atoms with Crippen LogP contribution in [0, 0.1) is 0 Å². The van der Waals surface area contributed by atoms with E-state index in [0.717, 1.165) is 15.9 Å². The van der Waals surface area contributed by atoms with Crippen molar-refractivity contribution in [3.63, 3.8) is 0 Å². The van der Waals surface area contributed by atoms with E-state index in [9.17, 15) is 0 Å². The summed E-state index contributed by atoms with van der Waals surface area (Å²) < 4.78 is 13.3. The molecule has 22 heavy (non-hydrogen) atoms. The molecule has 0 saturated carbocycles. The van der Waals surface area contributed by atoms with Crippen LogP contribution in [0.15, 0.2) is 35.1 Å². The number of aromatic nitrogens is 2. The Bertz CT molecular complexity index is 648. The maximum absolute atomic E-state index is 5.30. The molecule has 118 valence electrons. The molecule has 2 rings (SSSR count). The fraction of sp³-hybridized carbons (Fsp3) is 0.286. The van der Waals surface area contributed by atoms with Crippen LogP contribution in [0.25, 0.3) is 0 Å². The number of benzene rings is 1. The van der Waals surface area contributed by atoms with Crippen LogP contribution in [-0.2, 0) is 6.54 Å². The number of anilines is 1. The molecule has 8 heteroatoms. The van der Waals surface area contributed by atoms with Gasteiger partial charge < -0.3 is 20.1 Å². The van der Waals surface area contributed by atoms with Crippen LogP contribution >= 0.6 is 28.1 Å². The summed E-state index contributed by atoms with van der Waals surface area (Å²) in [5.41, 5.74) is 0.751. The Balaban J connectivity index is 1.88.